The maximum atomic E-state index is 12.6. The summed E-state index contributed by atoms with van der Waals surface area (Å²) in [7, 11) is 0. The number of thiophene rings is 1. The Morgan fingerprint density at radius 3 is 2.79 bits per heavy atom. The molecule has 3 aliphatic rings. The van der Waals surface area contributed by atoms with Crippen molar-refractivity contribution < 1.29 is 9.90 Å². The van der Waals surface area contributed by atoms with Gasteiger partial charge in [0.2, 0.25) is 5.91 Å². The van der Waals surface area contributed by atoms with Gasteiger partial charge in [-0.05, 0) is 42.7 Å². The van der Waals surface area contributed by atoms with Crippen molar-refractivity contribution in [1.29, 1.82) is 0 Å². The molecule has 1 aliphatic carbocycles. The van der Waals surface area contributed by atoms with Gasteiger partial charge in [-0.3, -0.25) is 14.6 Å². The van der Waals surface area contributed by atoms with Gasteiger partial charge < -0.3 is 10.0 Å². The minimum absolute atomic E-state index is 0.166. The number of aliphatic hydroxyl groups is 1. The summed E-state index contributed by atoms with van der Waals surface area (Å²) in [5.41, 5.74) is 1.40. The van der Waals surface area contributed by atoms with Gasteiger partial charge in [-0.25, -0.2) is 0 Å². The summed E-state index contributed by atoms with van der Waals surface area (Å²) in [4.78, 5) is 20.8. The van der Waals surface area contributed by atoms with Gasteiger partial charge >= 0.3 is 0 Å². The van der Waals surface area contributed by atoms with Crippen LogP contribution in [0.25, 0.3) is 0 Å². The highest BCUT2D eigenvalue weighted by Crippen LogP contribution is 2.26. The van der Waals surface area contributed by atoms with Crippen LogP contribution in [0.1, 0.15) is 29.7 Å². The topological polar surface area (TPSA) is 47.0 Å². The lowest BCUT2D eigenvalue weighted by Gasteiger charge is -2.39. The van der Waals surface area contributed by atoms with E-state index in [0.717, 1.165) is 65.0 Å². The van der Waals surface area contributed by atoms with E-state index in [4.69, 9.17) is 0 Å². The predicted molar refractivity (Wildman–Crippen MR) is 95.1 cm³/mol. The smallest absolute Gasteiger partial charge is 0.236 e. The minimum Gasteiger partial charge on any atom is -0.391 e. The monoisotopic (exact) mass is 349 g/mol. The molecule has 2 fully saturated rings. The molecule has 1 N–H and O–H groups in total. The van der Waals surface area contributed by atoms with E-state index in [1.165, 1.54) is 10.4 Å². The zero-order chi connectivity index (χ0) is 16.5. The Kier molecular flexibility index (Phi) is 4.90. The van der Waals surface area contributed by atoms with E-state index < -0.39 is 0 Å². The van der Waals surface area contributed by atoms with Crippen molar-refractivity contribution in [2.45, 2.75) is 44.4 Å². The average Bonchev–Trinajstić information content (AvgIpc) is 3.23. The van der Waals surface area contributed by atoms with E-state index in [0.29, 0.717) is 12.6 Å². The summed E-state index contributed by atoms with van der Waals surface area (Å²) in [5, 5.41) is 12.2. The van der Waals surface area contributed by atoms with Crippen LogP contribution >= 0.6 is 11.3 Å². The highest BCUT2D eigenvalue weighted by Gasteiger charge is 2.33. The molecule has 0 spiro atoms. The number of hydrogen-bond acceptors (Lipinski definition) is 5. The number of piperazine rings is 1. The lowest BCUT2D eigenvalue weighted by Crippen LogP contribution is -2.55. The first-order chi connectivity index (χ1) is 11.7. The predicted octanol–water partition coefficient (Wildman–Crippen LogP) is 1.16. The number of aliphatic hydroxyl groups excluding tert-OH is 1. The molecule has 6 heteroatoms. The van der Waals surface area contributed by atoms with Crippen molar-refractivity contribution in [3.8, 4) is 0 Å². The summed E-state index contributed by atoms with van der Waals surface area (Å²) in [6.07, 6.45) is 4.08. The molecule has 1 aromatic heterocycles. The van der Waals surface area contributed by atoms with Crippen molar-refractivity contribution in [3.63, 3.8) is 0 Å². The second-order valence-corrected chi connectivity index (χ2v) is 8.31. The summed E-state index contributed by atoms with van der Waals surface area (Å²) in [5.74, 6) is 0.264. The summed E-state index contributed by atoms with van der Waals surface area (Å²) >= 11 is 1.84. The van der Waals surface area contributed by atoms with E-state index in [9.17, 15) is 9.90 Å². The molecule has 0 bridgehead atoms. The maximum absolute atomic E-state index is 12.6. The Morgan fingerprint density at radius 1 is 1.21 bits per heavy atom. The SMILES string of the molecule is O=C(CN1CCc2sccc2C1)N1CCN([C@H]2CCC[C@@H]2O)CC1. The van der Waals surface area contributed by atoms with Crippen LogP contribution in [0.5, 0.6) is 0 Å². The Bertz CT molecular complexity index is 583. The molecule has 0 unspecified atom stereocenters. The molecule has 4 rings (SSSR count). The van der Waals surface area contributed by atoms with Crippen molar-refractivity contribution in [2.75, 3.05) is 39.3 Å². The highest BCUT2D eigenvalue weighted by molar-refractivity contribution is 7.10. The lowest BCUT2D eigenvalue weighted by atomic mass is 10.1. The zero-order valence-electron chi connectivity index (χ0n) is 14.2. The largest absolute Gasteiger partial charge is 0.391 e. The fourth-order valence-electron chi connectivity index (χ4n) is 4.38. The van der Waals surface area contributed by atoms with Crippen LogP contribution in [-0.2, 0) is 17.8 Å². The Balaban J connectivity index is 1.26. The number of carbonyl (C=O) groups is 1. The third kappa shape index (κ3) is 3.38. The van der Waals surface area contributed by atoms with E-state index in [2.05, 4.69) is 21.2 Å². The summed E-state index contributed by atoms with van der Waals surface area (Å²) in [6.45, 7) is 5.87. The normalized spacial score (nSPS) is 29.0. The molecule has 1 aromatic rings. The molecule has 0 aromatic carbocycles. The molecule has 1 amide bonds. The van der Waals surface area contributed by atoms with Crippen LogP contribution in [0, 0.1) is 0 Å². The van der Waals surface area contributed by atoms with Gasteiger partial charge in [-0.2, -0.15) is 0 Å². The highest BCUT2D eigenvalue weighted by atomic mass is 32.1. The van der Waals surface area contributed by atoms with Gasteiger partial charge in [0, 0.05) is 50.2 Å². The number of fused-ring (bicyclic) bond motifs is 1. The van der Waals surface area contributed by atoms with Crippen LogP contribution in [0.15, 0.2) is 11.4 Å². The number of rotatable bonds is 3. The minimum atomic E-state index is -0.166. The Morgan fingerprint density at radius 2 is 2.04 bits per heavy atom. The molecule has 1 saturated heterocycles. The van der Waals surface area contributed by atoms with Gasteiger partial charge in [0.15, 0.2) is 0 Å². The van der Waals surface area contributed by atoms with Gasteiger partial charge in [0.05, 0.1) is 12.6 Å². The Hall–Kier alpha value is -0.950. The van der Waals surface area contributed by atoms with Crippen LogP contribution in [0.3, 0.4) is 0 Å². The fourth-order valence-corrected chi connectivity index (χ4v) is 5.27. The van der Waals surface area contributed by atoms with Crippen LogP contribution in [0.2, 0.25) is 0 Å². The van der Waals surface area contributed by atoms with E-state index >= 15 is 0 Å². The fraction of sp³-hybridized carbons (Fsp3) is 0.722. The number of amides is 1. The lowest BCUT2D eigenvalue weighted by molar-refractivity contribution is -0.135. The van der Waals surface area contributed by atoms with E-state index in [-0.39, 0.29) is 12.0 Å². The summed E-state index contributed by atoms with van der Waals surface area (Å²) in [6, 6.07) is 2.52. The van der Waals surface area contributed by atoms with Gasteiger partial charge in [-0.15, -0.1) is 11.3 Å². The van der Waals surface area contributed by atoms with E-state index in [1.807, 2.05) is 16.2 Å². The van der Waals surface area contributed by atoms with Crippen LogP contribution in [-0.4, -0.2) is 77.1 Å². The number of nitrogens with zero attached hydrogens (tertiary/aromatic N) is 3. The van der Waals surface area contributed by atoms with Crippen LogP contribution in [0.4, 0.5) is 0 Å². The second-order valence-electron chi connectivity index (χ2n) is 7.31. The number of carbonyl (C=O) groups excluding carboxylic acids is 1. The zero-order valence-corrected chi connectivity index (χ0v) is 15.0. The average molecular weight is 350 g/mol. The van der Waals surface area contributed by atoms with Gasteiger partial charge in [0.25, 0.3) is 0 Å². The van der Waals surface area contributed by atoms with Crippen molar-refractivity contribution in [2.24, 2.45) is 0 Å². The summed E-state index contributed by atoms with van der Waals surface area (Å²) < 4.78 is 0. The molecular weight excluding hydrogens is 322 g/mol. The molecule has 3 heterocycles. The Labute approximate surface area is 147 Å². The third-order valence-electron chi connectivity index (χ3n) is 5.83. The first kappa shape index (κ1) is 16.5. The van der Waals surface area contributed by atoms with Crippen molar-refractivity contribution in [3.05, 3.63) is 21.9 Å². The second kappa shape index (κ2) is 7.12. The standard InChI is InChI=1S/C18H27N3O2S/c22-16-3-1-2-15(16)20-7-9-21(10-8-20)18(23)13-19-6-4-17-14(12-19)5-11-24-17/h5,11,15-16,22H,1-4,6-10,12-13H2/t15-,16-/m0/s1. The maximum Gasteiger partial charge on any atom is 0.236 e. The van der Waals surface area contributed by atoms with Crippen molar-refractivity contribution >= 4 is 17.2 Å². The third-order valence-corrected chi connectivity index (χ3v) is 6.85. The van der Waals surface area contributed by atoms with Crippen LogP contribution < -0.4 is 0 Å². The van der Waals surface area contributed by atoms with Crippen molar-refractivity contribution in [1.82, 2.24) is 14.7 Å². The van der Waals surface area contributed by atoms with E-state index in [1.54, 1.807) is 0 Å². The first-order valence-electron chi connectivity index (χ1n) is 9.18. The molecule has 2 atom stereocenters. The molecule has 0 radical (unpaired) electrons. The molecule has 24 heavy (non-hydrogen) atoms. The van der Waals surface area contributed by atoms with Gasteiger partial charge in [-0.1, -0.05) is 0 Å². The first-order valence-corrected chi connectivity index (χ1v) is 10.1. The molecule has 132 valence electrons. The molecular formula is C18H27N3O2S. The quantitative estimate of drug-likeness (QED) is 0.890. The number of hydrogen-bond donors (Lipinski definition) is 1. The molecule has 5 nitrogen and oxygen atoms in total. The van der Waals surface area contributed by atoms with Gasteiger partial charge in [0.1, 0.15) is 0 Å². The molecule has 1 saturated carbocycles. The molecule has 2 aliphatic heterocycles.